The van der Waals surface area contributed by atoms with E-state index in [1.54, 1.807) is 6.07 Å². The number of fused-ring (bicyclic) bond motifs is 1. The van der Waals surface area contributed by atoms with Crippen LogP contribution in [-0.2, 0) is 16.1 Å². The number of rotatable bonds is 4. The number of Topliss-reactive ketones (excluding diaryl/α,β-unsaturated/α-hetero) is 1. The van der Waals surface area contributed by atoms with Crippen LogP contribution in [0.3, 0.4) is 0 Å². The van der Waals surface area contributed by atoms with E-state index in [1.165, 1.54) is 12.1 Å². The third-order valence-corrected chi connectivity index (χ3v) is 5.45. The Labute approximate surface area is 188 Å². The number of nitriles is 1. The van der Waals surface area contributed by atoms with Crippen LogP contribution in [0.2, 0.25) is 10.0 Å². The molecule has 7 nitrogen and oxygen atoms in total. The number of halogens is 2. The summed E-state index contributed by atoms with van der Waals surface area (Å²) in [5.74, 6) is -0.144. The number of nitrogens with zero attached hydrogens (tertiary/aromatic N) is 4. The zero-order valence-electron chi connectivity index (χ0n) is 16.6. The average Bonchev–Trinajstić information content (AvgIpc) is 3.14. The van der Waals surface area contributed by atoms with Crippen molar-refractivity contribution in [3.63, 3.8) is 0 Å². The normalized spacial score (nSPS) is 15.5. The molecule has 0 unspecified atom stereocenters. The molecule has 0 spiro atoms. The van der Waals surface area contributed by atoms with Crippen molar-refractivity contribution in [2.75, 3.05) is 5.01 Å². The number of hydrogen-bond acceptors (Lipinski definition) is 6. The van der Waals surface area contributed by atoms with Crippen LogP contribution in [0.4, 0.5) is 5.69 Å². The Morgan fingerprint density at radius 1 is 1.16 bits per heavy atom. The number of hydrazone groups is 1. The Kier molecular flexibility index (Phi) is 5.52. The van der Waals surface area contributed by atoms with Crippen LogP contribution in [0.1, 0.15) is 31.4 Å². The lowest BCUT2D eigenvalue weighted by atomic mass is 9.98. The number of benzene rings is 2. The summed E-state index contributed by atoms with van der Waals surface area (Å²) in [5.41, 5.74) is 3.08. The van der Waals surface area contributed by atoms with Gasteiger partial charge in [-0.3, -0.25) is 14.6 Å². The Morgan fingerprint density at radius 3 is 2.52 bits per heavy atom. The molecule has 0 saturated heterocycles. The van der Waals surface area contributed by atoms with Crippen molar-refractivity contribution >= 4 is 52.0 Å². The molecule has 31 heavy (non-hydrogen) atoms. The molecule has 2 aromatic rings. The van der Waals surface area contributed by atoms with Gasteiger partial charge in [-0.2, -0.15) is 15.4 Å². The van der Waals surface area contributed by atoms with Crippen LogP contribution in [-0.4, -0.2) is 23.1 Å². The van der Waals surface area contributed by atoms with E-state index < -0.39 is 18.1 Å². The van der Waals surface area contributed by atoms with Gasteiger partial charge in [-0.25, -0.2) is 0 Å². The van der Waals surface area contributed by atoms with Gasteiger partial charge in [0.25, 0.3) is 5.91 Å². The van der Waals surface area contributed by atoms with Gasteiger partial charge in [0.05, 0.1) is 28.7 Å². The third kappa shape index (κ3) is 3.92. The summed E-state index contributed by atoms with van der Waals surface area (Å²) in [5, 5.41) is 14.1. The smallest absolute Gasteiger partial charge is 0.255 e. The molecule has 2 aliphatic heterocycles. The molecule has 0 saturated carbocycles. The first-order chi connectivity index (χ1) is 14.8. The number of ether oxygens (including phenoxy) is 1. The van der Waals surface area contributed by atoms with Gasteiger partial charge < -0.3 is 4.74 Å². The average molecular weight is 455 g/mol. The highest BCUT2D eigenvalue weighted by atomic mass is 35.5. The second kappa shape index (κ2) is 8.14. The number of carbonyl (C=O) groups excluding carboxylic acids is 2. The lowest BCUT2D eigenvalue weighted by molar-refractivity contribution is -0.124. The number of ketones is 1. The summed E-state index contributed by atoms with van der Waals surface area (Å²) >= 11 is 12.8. The molecule has 0 atom stereocenters. The molecule has 4 rings (SSSR count). The molecule has 156 valence electrons. The highest BCUT2D eigenvalue weighted by Crippen LogP contribution is 2.41. The summed E-state index contributed by atoms with van der Waals surface area (Å²) in [6.45, 7) is 4.82. The van der Waals surface area contributed by atoms with E-state index in [1.807, 2.05) is 18.2 Å². The van der Waals surface area contributed by atoms with Crippen molar-refractivity contribution < 1.29 is 14.3 Å². The van der Waals surface area contributed by atoms with E-state index in [4.69, 9.17) is 33.2 Å². The molecule has 0 bridgehead atoms. The SMILES string of the molecule is CC(C)C1=NCc2ccc(Oc3c(Cl)cc(N4N=C(C#N)C(=O)CC4=O)cc3Cl)cc21. The fraction of sp³-hybridized carbons (Fsp3) is 0.227. The second-order valence-electron chi connectivity index (χ2n) is 7.38. The van der Waals surface area contributed by atoms with E-state index in [0.717, 1.165) is 21.8 Å². The summed E-state index contributed by atoms with van der Waals surface area (Å²) in [7, 11) is 0. The predicted molar refractivity (Wildman–Crippen MR) is 118 cm³/mol. The van der Waals surface area contributed by atoms with Gasteiger partial charge in [0.15, 0.2) is 5.75 Å². The topological polar surface area (TPSA) is 95.1 Å². The van der Waals surface area contributed by atoms with Gasteiger partial charge >= 0.3 is 0 Å². The van der Waals surface area contributed by atoms with Crippen LogP contribution in [0, 0.1) is 17.2 Å². The van der Waals surface area contributed by atoms with Crippen molar-refractivity contribution in [1.29, 1.82) is 5.26 Å². The van der Waals surface area contributed by atoms with Crippen molar-refractivity contribution in [3.05, 3.63) is 51.5 Å². The number of aliphatic imine (C=N–C) groups is 1. The van der Waals surface area contributed by atoms with Gasteiger partial charge in [0.2, 0.25) is 11.5 Å². The van der Waals surface area contributed by atoms with Gasteiger partial charge in [-0.1, -0.05) is 43.1 Å². The summed E-state index contributed by atoms with van der Waals surface area (Å²) in [4.78, 5) is 28.5. The minimum atomic E-state index is -0.623. The summed E-state index contributed by atoms with van der Waals surface area (Å²) in [6, 6.07) is 10.3. The van der Waals surface area contributed by atoms with Gasteiger partial charge in [-0.15, -0.1) is 0 Å². The minimum Gasteiger partial charge on any atom is -0.454 e. The van der Waals surface area contributed by atoms with Crippen LogP contribution < -0.4 is 9.75 Å². The van der Waals surface area contributed by atoms with E-state index in [9.17, 15) is 9.59 Å². The van der Waals surface area contributed by atoms with Crippen molar-refractivity contribution in [2.24, 2.45) is 16.0 Å². The van der Waals surface area contributed by atoms with E-state index in [-0.39, 0.29) is 33.1 Å². The zero-order chi connectivity index (χ0) is 22.3. The maximum atomic E-state index is 12.2. The lowest BCUT2D eigenvalue weighted by Crippen LogP contribution is -2.36. The van der Waals surface area contributed by atoms with Crippen LogP contribution in [0.25, 0.3) is 0 Å². The monoisotopic (exact) mass is 454 g/mol. The van der Waals surface area contributed by atoms with Crippen molar-refractivity contribution in [2.45, 2.75) is 26.8 Å². The highest BCUT2D eigenvalue weighted by molar-refractivity contribution is 6.50. The summed E-state index contributed by atoms with van der Waals surface area (Å²) in [6.07, 6.45) is -0.450. The molecular weight excluding hydrogens is 439 g/mol. The molecule has 2 aromatic carbocycles. The Balaban J connectivity index is 1.65. The van der Waals surface area contributed by atoms with Gasteiger partial charge in [0, 0.05) is 11.3 Å². The predicted octanol–water partition coefficient (Wildman–Crippen LogP) is 4.93. The highest BCUT2D eigenvalue weighted by Gasteiger charge is 2.29. The fourth-order valence-corrected chi connectivity index (χ4v) is 3.98. The molecule has 9 heteroatoms. The number of hydrogen-bond donors (Lipinski definition) is 0. The first-order valence-electron chi connectivity index (χ1n) is 9.48. The minimum absolute atomic E-state index is 0.152. The molecule has 0 fully saturated rings. The number of anilines is 1. The largest absolute Gasteiger partial charge is 0.454 e. The first kappa shape index (κ1) is 21.0. The van der Waals surface area contributed by atoms with Gasteiger partial charge in [-0.05, 0) is 35.7 Å². The third-order valence-electron chi connectivity index (χ3n) is 4.89. The molecule has 1 amide bonds. The maximum Gasteiger partial charge on any atom is 0.255 e. The van der Waals surface area contributed by atoms with E-state index in [2.05, 4.69) is 23.9 Å². The first-order valence-corrected chi connectivity index (χ1v) is 10.2. The quantitative estimate of drug-likeness (QED) is 0.611. The van der Waals surface area contributed by atoms with E-state index >= 15 is 0 Å². The molecule has 2 aliphatic rings. The maximum absolute atomic E-state index is 12.2. The molecule has 0 N–H and O–H groups in total. The van der Waals surface area contributed by atoms with Crippen LogP contribution >= 0.6 is 23.2 Å². The molecular formula is C22H16Cl2N4O3. The van der Waals surface area contributed by atoms with Gasteiger partial charge in [0.1, 0.15) is 11.8 Å². The Hall–Kier alpha value is -3.21. The Morgan fingerprint density at radius 2 is 1.87 bits per heavy atom. The lowest BCUT2D eigenvalue weighted by Gasteiger charge is -2.22. The van der Waals surface area contributed by atoms with Crippen LogP contribution in [0.5, 0.6) is 11.5 Å². The molecule has 0 radical (unpaired) electrons. The second-order valence-corrected chi connectivity index (χ2v) is 8.20. The molecule has 0 aromatic heterocycles. The molecule has 0 aliphatic carbocycles. The standard InChI is InChI=1S/C22H16Cl2N4O3/c1-11(2)21-15-7-14(4-3-12(15)10-26-21)31-22-16(23)5-13(6-17(22)24)28-20(30)8-19(29)18(9-25)27-28/h3-7,11H,8,10H2,1-2H3. The van der Waals surface area contributed by atoms with Crippen molar-refractivity contribution in [3.8, 4) is 17.6 Å². The number of amides is 1. The number of carbonyl (C=O) groups is 2. The van der Waals surface area contributed by atoms with E-state index in [0.29, 0.717) is 12.3 Å². The Bertz CT molecular complexity index is 1200. The van der Waals surface area contributed by atoms with Crippen LogP contribution in [0.15, 0.2) is 40.4 Å². The van der Waals surface area contributed by atoms with Crippen molar-refractivity contribution in [1.82, 2.24) is 0 Å². The fourth-order valence-electron chi connectivity index (χ4n) is 3.42. The molecule has 2 heterocycles. The zero-order valence-corrected chi connectivity index (χ0v) is 18.2. The summed E-state index contributed by atoms with van der Waals surface area (Å²) < 4.78 is 5.96.